The molecule has 0 amide bonds. The van der Waals surface area contributed by atoms with E-state index < -0.39 is 0 Å². The fraction of sp³-hybridized carbons (Fsp3) is 0.727. The van der Waals surface area contributed by atoms with Crippen LogP contribution in [-0.2, 0) is 0 Å². The molecular weight excluding hydrogens is 206 g/mol. The molecule has 84 valence electrons. The van der Waals surface area contributed by atoms with E-state index in [2.05, 4.69) is 16.9 Å². The van der Waals surface area contributed by atoms with E-state index in [9.17, 15) is 0 Å². The molecule has 2 N–H and O–H groups in total. The fourth-order valence-corrected chi connectivity index (χ4v) is 3.26. The molecule has 2 rings (SSSR count). The van der Waals surface area contributed by atoms with E-state index in [1.807, 2.05) is 11.6 Å². The van der Waals surface area contributed by atoms with E-state index >= 15 is 0 Å². The maximum Gasteiger partial charge on any atom is 0.0984 e. The zero-order chi connectivity index (χ0) is 10.7. The first-order chi connectivity index (χ1) is 7.33. The first kappa shape index (κ1) is 11.0. The highest BCUT2D eigenvalue weighted by molar-refractivity contribution is 7.09. The third kappa shape index (κ3) is 2.38. The molecule has 0 aromatic carbocycles. The smallest absolute Gasteiger partial charge is 0.0984 e. The Bertz CT molecular complexity index is 286. The lowest BCUT2D eigenvalue weighted by atomic mass is 9.91. The van der Waals surface area contributed by atoms with Crippen molar-refractivity contribution in [1.29, 1.82) is 0 Å². The fourth-order valence-electron chi connectivity index (χ4n) is 2.45. The molecule has 1 aromatic rings. The van der Waals surface area contributed by atoms with Gasteiger partial charge in [0.05, 0.1) is 5.01 Å². The minimum absolute atomic E-state index is 0.426. The van der Waals surface area contributed by atoms with Crippen LogP contribution in [0.4, 0.5) is 0 Å². The van der Waals surface area contributed by atoms with Gasteiger partial charge >= 0.3 is 0 Å². The largest absolute Gasteiger partial charge is 0.330 e. The van der Waals surface area contributed by atoms with Gasteiger partial charge in [-0.25, -0.2) is 4.98 Å². The Morgan fingerprint density at radius 1 is 1.67 bits per heavy atom. The van der Waals surface area contributed by atoms with Crippen molar-refractivity contribution in [2.24, 2.45) is 5.73 Å². The summed E-state index contributed by atoms with van der Waals surface area (Å²) < 4.78 is 0. The predicted octanol–water partition coefficient (Wildman–Crippen LogP) is 1.67. The Hall–Kier alpha value is -0.450. The average molecular weight is 225 g/mol. The van der Waals surface area contributed by atoms with E-state index in [4.69, 9.17) is 5.73 Å². The van der Waals surface area contributed by atoms with Crippen LogP contribution in [0.5, 0.6) is 0 Å². The van der Waals surface area contributed by atoms with Crippen molar-refractivity contribution in [1.82, 2.24) is 9.88 Å². The molecule has 2 atom stereocenters. The van der Waals surface area contributed by atoms with E-state index in [0.717, 1.165) is 0 Å². The van der Waals surface area contributed by atoms with Gasteiger partial charge in [0.15, 0.2) is 0 Å². The van der Waals surface area contributed by atoms with Gasteiger partial charge in [-0.15, -0.1) is 11.3 Å². The Morgan fingerprint density at radius 2 is 2.53 bits per heavy atom. The quantitative estimate of drug-likeness (QED) is 0.851. The molecule has 3 nitrogen and oxygen atoms in total. The topological polar surface area (TPSA) is 42.1 Å². The molecular formula is C11H19N3S. The van der Waals surface area contributed by atoms with Crippen LogP contribution < -0.4 is 5.73 Å². The lowest BCUT2D eigenvalue weighted by Gasteiger charge is -2.36. The zero-order valence-corrected chi connectivity index (χ0v) is 10.0. The summed E-state index contributed by atoms with van der Waals surface area (Å²) in [6.45, 7) is 1.91. The Morgan fingerprint density at radius 3 is 3.13 bits per heavy atom. The van der Waals surface area contributed by atoms with Gasteiger partial charge in [0.25, 0.3) is 0 Å². The lowest BCUT2D eigenvalue weighted by molar-refractivity contribution is 0.160. The number of aromatic nitrogens is 1. The first-order valence-electron chi connectivity index (χ1n) is 5.62. The maximum absolute atomic E-state index is 5.90. The highest BCUT2D eigenvalue weighted by Gasteiger charge is 2.29. The molecule has 1 aliphatic rings. The molecule has 0 saturated carbocycles. The molecule has 0 spiro atoms. The summed E-state index contributed by atoms with van der Waals surface area (Å²) in [6, 6.07) is 0.592. The number of nitrogens with zero attached hydrogens (tertiary/aromatic N) is 2. The lowest BCUT2D eigenvalue weighted by Crippen LogP contribution is -2.42. The van der Waals surface area contributed by atoms with Crippen LogP contribution in [0.25, 0.3) is 0 Å². The van der Waals surface area contributed by atoms with E-state index in [1.54, 1.807) is 11.3 Å². The van der Waals surface area contributed by atoms with Crippen molar-refractivity contribution in [2.45, 2.75) is 31.2 Å². The highest BCUT2D eigenvalue weighted by Crippen LogP contribution is 2.29. The molecule has 2 unspecified atom stereocenters. The first-order valence-corrected chi connectivity index (χ1v) is 6.50. The van der Waals surface area contributed by atoms with Gasteiger partial charge in [-0.3, -0.25) is 0 Å². The zero-order valence-electron chi connectivity index (χ0n) is 9.22. The van der Waals surface area contributed by atoms with Crippen LogP contribution in [0.3, 0.4) is 0 Å². The normalized spacial score (nSPS) is 25.3. The summed E-state index contributed by atoms with van der Waals surface area (Å²) in [6.07, 6.45) is 5.79. The molecule has 0 bridgehead atoms. The van der Waals surface area contributed by atoms with E-state index in [1.165, 1.54) is 30.8 Å². The summed E-state index contributed by atoms with van der Waals surface area (Å²) in [5, 5.41) is 3.25. The Kier molecular flexibility index (Phi) is 3.72. The number of hydrogen-bond acceptors (Lipinski definition) is 4. The number of piperidine rings is 1. The van der Waals surface area contributed by atoms with Gasteiger partial charge in [-0.05, 0) is 26.4 Å². The van der Waals surface area contributed by atoms with Gasteiger partial charge < -0.3 is 10.6 Å². The number of rotatable bonds is 3. The highest BCUT2D eigenvalue weighted by atomic mass is 32.1. The van der Waals surface area contributed by atoms with Crippen molar-refractivity contribution >= 4 is 11.3 Å². The molecule has 1 aliphatic heterocycles. The monoisotopic (exact) mass is 225 g/mol. The number of hydrogen-bond donors (Lipinski definition) is 1. The molecule has 2 heterocycles. The second kappa shape index (κ2) is 5.05. The van der Waals surface area contributed by atoms with E-state index in [-0.39, 0.29) is 0 Å². The number of nitrogens with two attached hydrogens (primary N) is 1. The summed E-state index contributed by atoms with van der Waals surface area (Å²) in [5.41, 5.74) is 5.90. The van der Waals surface area contributed by atoms with Crippen LogP contribution in [0.15, 0.2) is 11.6 Å². The van der Waals surface area contributed by atoms with Gasteiger partial charge in [-0.2, -0.15) is 0 Å². The Labute approximate surface area is 95.3 Å². The molecule has 1 aromatic heterocycles. The summed E-state index contributed by atoms with van der Waals surface area (Å²) >= 11 is 1.73. The Balaban J connectivity index is 2.11. The maximum atomic E-state index is 5.90. The SMILES string of the molecule is CN1CCCCC1C(CN)c1nccs1. The van der Waals surface area contributed by atoms with Crippen molar-refractivity contribution in [3.8, 4) is 0 Å². The second-order valence-corrected chi connectivity index (χ2v) is 5.18. The number of likely N-dealkylation sites (tertiary alicyclic amines) is 1. The predicted molar refractivity (Wildman–Crippen MR) is 64.2 cm³/mol. The average Bonchev–Trinajstić information content (AvgIpc) is 2.75. The van der Waals surface area contributed by atoms with Crippen LogP contribution in [-0.4, -0.2) is 36.1 Å². The van der Waals surface area contributed by atoms with Gasteiger partial charge in [-0.1, -0.05) is 6.42 Å². The third-order valence-corrected chi connectivity index (χ3v) is 4.22. The van der Waals surface area contributed by atoms with Crippen molar-refractivity contribution in [3.05, 3.63) is 16.6 Å². The van der Waals surface area contributed by atoms with Gasteiger partial charge in [0.2, 0.25) is 0 Å². The van der Waals surface area contributed by atoms with Crippen molar-refractivity contribution < 1.29 is 0 Å². The number of likely N-dealkylation sites (N-methyl/N-ethyl adjacent to an activating group) is 1. The van der Waals surface area contributed by atoms with Crippen molar-refractivity contribution in [3.63, 3.8) is 0 Å². The standard InChI is InChI=1S/C11H19N3S/c1-14-6-3-2-4-10(14)9(8-12)11-13-5-7-15-11/h5,7,9-10H,2-4,6,8,12H2,1H3. The van der Waals surface area contributed by atoms with Crippen LogP contribution in [0, 0.1) is 0 Å². The summed E-state index contributed by atoms with van der Waals surface area (Å²) in [5.74, 6) is 0.426. The summed E-state index contributed by atoms with van der Waals surface area (Å²) in [4.78, 5) is 6.86. The van der Waals surface area contributed by atoms with Crippen LogP contribution in [0.2, 0.25) is 0 Å². The minimum atomic E-state index is 0.426. The minimum Gasteiger partial charge on any atom is -0.330 e. The molecule has 4 heteroatoms. The van der Waals surface area contributed by atoms with E-state index in [0.29, 0.717) is 18.5 Å². The van der Waals surface area contributed by atoms with Crippen LogP contribution >= 0.6 is 11.3 Å². The van der Waals surface area contributed by atoms with Gasteiger partial charge in [0.1, 0.15) is 0 Å². The summed E-state index contributed by atoms with van der Waals surface area (Å²) in [7, 11) is 2.21. The third-order valence-electron chi connectivity index (χ3n) is 3.31. The molecule has 15 heavy (non-hydrogen) atoms. The van der Waals surface area contributed by atoms with Crippen LogP contribution in [0.1, 0.15) is 30.2 Å². The number of thiazole rings is 1. The second-order valence-electron chi connectivity index (χ2n) is 4.26. The van der Waals surface area contributed by atoms with Gasteiger partial charge in [0, 0.05) is 30.1 Å². The molecule has 0 aliphatic carbocycles. The van der Waals surface area contributed by atoms with Crippen molar-refractivity contribution in [2.75, 3.05) is 20.1 Å². The molecule has 1 fully saturated rings. The molecule has 1 saturated heterocycles. The molecule has 0 radical (unpaired) electrons.